The van der Waals surface area contributed by atoms with E-state index < -0.39 is 0 Å². The van der Waals surface area contributed by atoms with Crippen molar-refractivity contribution >= 4 is 0 Å². The Kier molecular flexibility index (Phi) is 4.59. The highest BCUT2D eigenvalue weighted by Gasteiger charge is 2.38. The summed E-state index contributed by atoms with van der Waals surface area (Å²) in [5.41, 5.74) is 8.76. The second kappa shape index (κ2) is 6.47. The van der Waals surface area contributed by atoms with Gasteiger partial charge in [0.05, 0.1) is 7.11 Å². The van der Waals surface area contributed by atoms with E-state index in [-0.39, 0.29) is 6.04 Å². The fraction of sp³-hybridized carbons (Fsp3) is 0.667. The number of rotatable bonds is 4. The summed E-state index contributed by atoms with van der Waals surface area (Å²) >= 11 is 0. The van der Waals surface area contributed by atoms with E-state index >= 15 is 0 Å². The Balaban J connectivity index is 1.83. The number of fused-ring (bicyclic) bond motifs is 3. The van der Waals surface area contributed by atoms with Gasteiger partial charge >= 0.3 is 0 Å². The van der Waals surface area contributed by atoms with Gasteiger partial charge in [0, 0.05) is 30.7 Å². The van der Waals surface area contributed by atoms with Crippen molar-refractivity contribution in [3.63, 3.8) is 0 Å². The molecular weight excluding hydrogens is 276 g/mol. The van der Waals surface area contributed by atoms with Crippen molar-refractivity contribution in [1.29, 1.82) is 0 Å². The molecule has 3 N–H and O–H groups in total. The fourth-order valence-electron chi connectivity index (χ4n) is 4.13. The lowest BCUT2D eigenvalue weighted by atomic mass is 9.79. The molecule has 4 nitrogen and oxygen atoms in total. The van der Waals surface area contributed by atoms with Gasteiger partial charge in [-0.25, -0.2) is 0 Å². The van der Waals surface area contributed by atoms with E-state index in [0.717, 1.165) is 31.5 Å². The van der Waals surface area contributed by atoms with Crippen LogP contribution in [0.5, 0.6) is 11.5 Å². The van der Waals surface area contributed by atoms with Crippen molar-refractivity contribution in [2.75, 3.05) is 20.2 Å². The molecule has 3 rings (SSSR count). The zero-order valence-electron chi connectivity index (χ0n) is 13.7. The highest BCUT2D eigenvalue weighted by molar-refractivity contribution is 5.52. The van der Waals surface area contributed by atoms with Crippen LogP contribution in [-0.2, 0) is 6.42 Å². The minimum absolute atomic E-state index is 0.267. The summed E-state index contributed by atoms with van der Waals surface area (Å²) in [4.78, 5) is 2.57. The maximum atomic E-state index is 10.4. The largest absolute Gasteiger partial charge is 0.504 e. The first-order valence-corrected chi connectivity index (χ1v) is 8.54. The monoisotopic (exact) mass is 304 g/mol. The second-order valence-electron chi connectivity index (χ2n) is 6.75. The molecule has 1 aromatic rings. The summed E-state index contributed by atoms with van der Waals surface area (Å²) in [5.74, 6) is 1.51. The molecule has 22 heavy (non-hydrogen) atoms. The van der Waals surface area contributed by atoms with Gasteiger partial charge < -0.3 is 15.6 Å². The van der Waals surface area contributed by atoms with Gasteiger partial charge in [-0.3, -0.25) is 4.90 Å². The smallest absolute Gasteiger partial charge is 0.161 e. The van der Waals surface area contributed by atoms with E-state index in [1.54, 1.807) is 7.11 Å². The van der Waals surface area contributed by atoms with Crippen LogP contribution in [-0.4, -0.2) is 36.2 Å². The average Bonchev–Trinajstić information content (AvgIpc) is 2.53. The van der Waals surface area contributed by atoms with Gasteiger partial charge in [-0.15, -0.1) is 0 Å². The first-order chi connectivity index (χ1) is 10.7. The molecular formula is C18H28N2O2. The molecule has 1 saturated heterocycles. The first kappa shape index (κ1) is 15.6. The number of piperidine rings is 1. The third-order valence-electron chi connectivity index (χ3n) is 5.45. The number of ether oxygens (including phenoxy) is 1. The van der Waals surface area contributed by atoms with Gasteiger partial charge in [0.1, 0.15) is 0 Å². The standard InChI is InChI=1S/C18H28N2O2/c1-3-4-5-12-11-20-9-8-14-13(16(20)10-15(12)19)6-7-17(22-2)18(14)21/h6-7,12,15-16,21H,3-5,8-11,19H2,1-2H3. The molecule has 0 saturated carbocycles. The molecule has 0 amide bonds. The molecule has 0 aromatic heterocycles. The topological polar surface area (TPSA) is 58.7 Å². The molecule has 0 bridgehead atoms. The van der Waals surface area contributed by atoms with E-state index in [1.165, 1.54) is 24.8 Å². The van der Waals surface area contributed by atoms with Gasteiger partial charge in [0.25, 0.3) is 0 Å². The number of phenols is 1. The van der Waals surface area contributed by atoms with Gasteiger partial charge in [-0.1, -0.05) is 25.8 Å². The number of methoxy groups -OCH3 is 1. The summed E-state index contributed by atoms with van der Waals surface area (Å²) in [6.07, 6.45) is 5.63. The fourth-order valence-corrected chi connectivity index (χ4v) is 4.13. The Labute approximate surface area is 133 Å². The zero-order valence-corrected chi connectivity index (χ0v) is 13.7. The average molecular weight is 304 g/mol. The molecule has 2 aliphatic rings. The Morgan fingerprint density at radius 2 is 2.23 bits per heavy atom. The Hall–Kier alpha value is -1.26. The van der Waals surface area contributed by atoms with Crippen LogP contribution in [0.25, 0.3) is 0 Å². The van der Waals surface area contributed by atoms with Crippen LogP contribution >= 0.6 is 0 Å². The van der Waals surface area contributed by atoms with Crippen molar-refractivity contribution in [3.05, 3.63) is 23.3 Å². The number of hydrogen-bond acceptors (Lipinski definition) is 4. The van der Waals surface area contributed by atoms with Crippen LogP contribution in [0.1, 0.15) is 49.8 Å². The quantitative estimate of drug-likeness (QED) is 0.898. The SMILES string of the molecule is CCCCC1CN2CCc3c(ccc(OC)c3O)C2CC1N. The zero-order chi connectivity index (χ0) is 15.7. The highest BCUT2D eigenvalue weighted by atomic mass is 16.5. The van der Waals surface area contributed by atoms with Crippen molar-refractivity contribution in [3.8, 4) is 11.5 Å². The first-order valence-electron chi connectivity index (χ1n) is 8.54. The Bertz CT molecular complexity index is 532. The summed E-state index contributed by atoms with van der Waals surface area (Å²) in [6, 6.07) is 4.62. The van der Waals surface area contributed by atoms with Gasteiger partial charge in [-0.2, -0.15) is 0 Å². The lowest BCUT2D eigenvalue weighted by molar-refractivity contribution is 0.0779. The minimum atomic E-state index is 0.267. The van der Waals surface area contributed by atoms with Gasteiger partial charge in [0.15, 0.2) is 11.5 Å². The molecule has 4 heteroatoms. The van der Waals surface area contributed by atoms with Crippen molar-refractivity contribution in [2.24, 2.45) is 11.7 Å². The number of nitrogens with two attached hydrogens (primary N) is 1. The van der Waals surface area contributed by atoms with E-state index in [9.17, 15) is 5.11 Å². The third-order valence-corrected chi connectivity index (χ3v) is 5.45. The molecule has 1 fully saturated rings. The van der Waals surface area contributed by atoms with E-state index in [4.69, 9.17) is 10.5 Å². The normalized spacial score (nSPS) is 28.0. The van der Waals surface area contributed by atoms with Gasteiger partial charge in [0.2, 0.25) is 0 Å². The number of hydrogen-bond donors (Lipinski definition) is 2. The van der Waals surface area contributed by atoms with Crippen LogP contribution in [0.2, 0.25) is 0 Å². The van der Waals surface area contributed by atoms with Crippen LogP contribution in [0.3, 0.4) is 0 Å². The molecule has 2 heterocycles. The molecule has 122 valence electrons. The minimum Gasteiger partial charge on any atom is -0.504 e. The molecule has 3 atom stereocenters. The lowest BCUT2D eigenvalue weighted by Crippen LogP contribution is -2.50. The summed E-state index contributed by atoms with van der Waals surface area (Å²) in [5, 5.41) is 10.4. The van der Waals surface area contributed by atoms with Crippen LogP contribution in [0.4, 0.5) is 0 Å². The van der Waals surface area contributed by atoms with E-state index in [2.05, 4.69) is 17.9 Å². The number of phenolic OH excluding ortho intramolecular Hbond substituents is 1. The summed E-state index contributed by atoms with van der Waals surface area (Å²) in [7, 11) is 1.60. The van der Waals surface area contributed by atoms with Crippen LogP contribution in [0, 0.1) is 5.92 Å². The molecule has 0 spiro atoms. The lowest BCUT2D eigenvalue weighted by Gasteiger charge is -2.46. The summed E-state index contributed by atoms with van der Waals surface area (Å²) in [6.45, 7) is 4.34. The van der Waals surface area contributed by atoms with E-state index in [0.29, 0.717) is 23.5 Å². The third kappa shape index (κ3) is 2.70. The molecule has 1 aromatic carbocycles. The van der Waals surface area contributed by atoms with Gasteiger partial charge in [-0.05, 0) is 36.8 Å². The van der Waals surface area contributed by atoms with Crippen molar-refractivity contribution in [2.45, 2.75) is 51.1 Å². The Morgan fingerprint density at radius 1 is 1.41 bits per heavy atom. The maximum Gasteiger partial charge on any atom is 0.161 e. The number of nitrogens with zero attached hydrogens (tertiary/aromatic N) is 1. The molecule has 3 unspecified atom stereocenters. The van der Waals surface area contributed by atoms with Crippen molar-refractivity contribution in [1.82, 2.24) is 4.90 Å². The number of benzene rings is 1. The maximum absolute atomic E-state index is 10.4. The molecule has 0 radical (unpaired) electrons. The van der Waals surface area contributed by atoms with Crippen molar-refractivity contribution < 1.29 is 9.84 Å². The van der Waals surface area contributed by atoms with E-state index in [1.807, 2.05) is 6.07 Å². The van der Waals surface area contributed by atoms with Crippen LogP contribution in [0.15, 0.2) is 12.1 Å². The predicted octanol–water partition coefficient (Wildman–Crippen LogP) is 2.84. The molecule has 2 aliphatic heterocycles. The highest BCUT2D eigenvalue weighted by Crippen LogP contribution is 2.44. The number of unbranched alkanes of at least 4 members (excludes halogenated alkanes) is 1. The van der Waals surface area contributed by atoms with Crippen LogP contribution < -0.4 is 10.5 Å². The second-order valence-corrected chi connectivity index (χ2v) is 6.75. The Morgan fingerprint density at radius 3 is 2.95 bits per heavy atom. The summed E-state index contributed by atoms with van der Waals surface area (Å²) < 4.78 is 5.24. The number of aromatic hydroxyl groups is 1. The molecule has 0 aliphatic carbocycles. The predicted molar refractivity (Wildman–Crippen MR) is 88.3 cm³/mol.